The first-order chi connectivity index (χ1) is 6.02. The van der Waals surface area contributed by atoms with Crippen LogP contribution in [0.25, 0.3) is 0 Å². The molecule has 0 amide bonds. The average Bonchev–Trinajstić information content (AvgIpc) is 2.03. The lowest BCUT2D eigenvalue weighted by atomic mass is 9.82. The maximum absolute atomic E-state index is 10.8. The molecular weight excluding hydrogens is 171 g/mol. The number of nitrogens with zero attached hydrogens (tertiary/aromatic N) is 2. The summed E-state index contributed by atoms with van der Waals surface area (Å²) in [5.74, 6) is -0.868. The topological polar surface area (TPSA) is 64.0 Å². The number of hydrogen-bond donors (Lipinski definition) is 2. The minimum absolute atomic E-state index is 0.472. The second kappa shape index (κ2) is 4.08. The highest BCUT2D eigenvalue weighted by Crippen LogP contribution is 2.09. The molecule has 0 bridgehead atoms. The number of aliphatic carboxylic acids is 1. The lowest BCUT2D eigenvalue weighted by Gasteiger charge is -2.38. The van der Waals surface area contributed by atoms with E-state index in [-0.39, 0.29) is 0 Å². The Morgan fingerprint density at radius 2 is 2.15 bits per heavy atom. The van der Waals surface area contributed by atoms with Crippen LogP contribution in [0.4, 0.5) is 0 Å². The van der Waals surface area contributed by atoms with Crippen LogP contribution in [0.3, 0.4) is 0 Å². The summed E-state index contributed by atoms with van der Waals surface area (Å²) in [6, 6.07) is -0.584. The Labute approximate surface area is 78.1 Å². The fourth-order valence-corrected chi connectivity index (χ4v) is 1.60. The summed E-state index contributed by atoms with van der Waals surface area (Å²) >= 11 is 0. The number of hydrogen-bond acceptors (Lipinski definition) is 4. The molecule has 1 fully saturated rings. The number of likely N-dealkylation sites (N-methyl/N-ethyl adjacent to an activating group) is 1. The summed E-state index contributed by atoms with van der Waals surface area (Å²) in [4.78, 5) is 14.4. The van der Waals surface area contributed by atoms with Gasteiger partial charge in [0.25, 0.3) is 0 Å². The van der Waals surface area contributed by atoms with E-state index in [2.05, 4.69) is 0 Å². The van der Waals surface area contributed by atoms with E-state index in [0.29, 0.717) is 13.1 Å². The molecule has 2 N–H and O–H groups in total. The van der Waals surface area contributed by atoms with E-state index in [4.69, 9.17) is 5.11 Å². The van der Waals surface area contributed by atoms with E-state index in [1.54, 1.807) is 11.6 Å². The molecule has 1 aliphatic heterocycles. The zero-order chi connectivity index (χ0) is 10.0. The molecule has 0 spiro atoms. The Morgan fingerprint density at radius 1 is 1.54 bits per heavy atom. The van der Waals surface area contributed by atoms with Gasteiger partial charge in [0.15, 0.2) is 0 Å². The summed E-state index contributed by atoms with van der Waals surface area (Å²) in [6.45, 7) is 3.47. The van der Waals surface area contributed by atoms with Gasteiger partial charge >= 0.3 is 13.0 Å². The molecular formula is C7H15BN2O3. The van der Waals surface area contributed by atoms with Crippen LogP contribution in [0.5, 0.6) is 0 Å². The molecule has 0 radical (unpaired) electrons. The van der Waals surface area contributed by atoms with E-state index >= 15 is 0 Å². The third-order valence-electron chi connectivity index (χ3n) is 2.39. The van der Waals surface area contributed by atoms with Crippen molar-refractivity contribution in [2.75, 3.05) is 26.7 Å². The van der Waals surface area contributed by atoms with Gasteiger partial charge in [0.1, 0.15) is 6.04 Å². The zero-order valence-corrected chi connectivity index (χ0v) is 7.97. The van der Waals surface area contributed by atoms with Crippen molar-refractivity contribution in [2.24, 2.45) is 0 Å². The number of carbonyl (C=O) groups is 1. The van der Waals surface area contributed by atoms with E-state index in [0.717, 1.165) is 6.54 Å². The molecule has 0 saturated carbocycles. The van der Waals surface area contributed by atoms with Crippen molar-refractivity contribution in [1.29, 1.82) is 0 Å². The second-order valence-electron chi connectivity index (χ2n) is 3.49. The number of carboxylic acid groups (broad SMARTS) is 1. The molecule has 1 saturated heterocycles. The fraction of sp³-hybridized carbons (Fsp3) is 0.857. The quantitative estimate of drug-likeness (QED) is 0.530. The van der Waals surface area contributed by atoms with Crippen molar-refractivity contribution in [3.63, 3.8) is 0 Å². The molecule has 0 aromatic heterocycles. The van der Waals surface area contributed by atoms with Crippen molar-refractivity contribution >= 4 is 13.0 Å². The highest BCUT2D eigenvalue weighted by atomic mass is 16.4. The van der Waals surface area contributed by atoms with Gasteiger partial charge in [-0.1, -0.05) is 0 Å². The monoisotopic (exact) mass is 186 g/mol. The summed E-state index contributed by atoms with van der Waals surface area (Å²) in [5.41, 5.74) is 0. The average molecular weight is 186 g/mol. The first-order valence-electron chi connectivity index (χ1n) is 4.37. The van der Waals surface area contributed by atoms with E-state index < -0.39 is 19.1 Å². The van der Waals surface area contributed by atoms with Crippen LogP contribution >= 0.6 is 0 Å². The highest BCUT2D eigenvalue weighted by Gasteiger charge is 2.34. The van der Waals surface area contributed by atoms with Crippen molar-refractivity contribution in [1.82, 2.24) is 9.71 Å². The number of rotatable bonds is 2. The lowest BCUT2D eigenvalue weighted by Crippen LogP contribution is -2.59. The Morgan fingerprint density at radius 3 is 2.62 bits per heavy atom. The molecule has 74 valence electrons. The molecule has 6 heteroatoms. The summed E-state index contributed by atoms with van der Waals surface area (Å²) < 4.78 is 0. The molecule has 13 heavy (non-hydrogen) atoms. The first-order valence-corrected chi connectivity index (χ1v) is 4.37. The van der Waals surface area contributed by atoms with Crippen LogP contribution in [0.15, 0.2) is 0 Å². The van der Waals surface area contributed by atoms with Crippen LogP contribution in [0.1, 0.15) is 0 Å². The Bertz CT molecular complexity index is 200. The molecule has 0 aromatic carbocycles. The smallest absolute Gasteiger partial charge is 0.377 e. The maximum Gasteiger partial charge on any atom is 0.377 e. The summed E-state index contributed by atoms with van der Waals surface area (Å²) in [7, 11) is 1.20. The third kappa shape index (κ3) is 2.43. The maximum atomic E-state index is 10.8. The minimum Gasteiger partial charge on any atom is -0.480 e. The van der Waals surface area contributed by atoms with Crippen LogP contribution in [-0.4, -0.2) is 65.6 Å². The van der Waals surface area contributed by atoms with Crippen LogP contribution in [0, 0.1) is 0 Å². The Balaban J connectivity index is 2.66. The standard InChI is InChI=1S/C7H15BN2O3/c1-8(13)10-4-3-9(2)5-6(10)7(11)12/h6,13H,3-5H2,1-2H3,(H,11,12). The van der Waals surface area contributed by atoms with Gasteiger partial charge < -0.3 is 19.8 Å². The van der Waals surface area contributed by atoms with Gasteiger partial charge in [-0.3, -0.25) is 4.79 Å². The zero-order valence-electron chi connectivity index (χ0n) is 7.97. The molecule has 0 aromatic rings. The third-order valence-corrected chi connectivity index (χ3v) is 2.39. The van der Waals surface area contributed by atoms with E-state index in [1.807, 2.05) is 11.9 Å². The molecule has 1 heterocycles. The second-order valence-corrected chi connectivity index (χ2v) is 3.49. The van der Waals surface area contributed by atoms with Crippen molar-refractivity contribution in [2.45, 2.75) is 12.9 Å². The Hall–Kier alpha value is -0.585. The summed E-state index contributed by atoms with van der Waals surface area (Å²) in [6.07, 6.45) is 0. The fourth-order valence-electron chi connectivity index (χ4n) is 1.60. The highest BCUT2D eigenvalue weighted by molar-refractivity contribution is 6.45. The molecule has 5 nitrogen and oxygen atoms in total. The van der Waals surface area contributed by atoms with Gasteiger partial charge in [0.05, 0.1) is 0 Å². The lowest BCUT2D eigenvalue weighted by molar-refractivity contribution is -0.143. The molecule has 0 aliphatic carbocycles. The van der Waals surface area contributed by atoms with Crippen LogP contribution in [-0.2, 0) is 4.79 Å². The normalized spacial score (nSPS) is 25.9. The van der Waals surface area contributed by atoms with Crippen molar-refractivity contribution in [3.8, 4) is 0 Å². The van der Waals surface area contributed by atoms with Gasteiger partial charge in [-0.05, 0) is 13.9 Å². The summed E-state index contributed by atoms with van der Waals surface area (Å²) in [5, 5.41) is 18.2. The van der Waals surface area contributed by atoms with Crippen molar-refractivity contribution < 1.29 is 14.9 Å². The van der Waals surface area contributed by atoms with Gasteiger partial charge in [-0.15, -0.1) is 0 Å². The molecule has 1 unspecified atom stereocenters. The SMILES string of the molecule is CB(O)N1CCN(C)CC1C(=O)O. The molecule has 1 aliphatic rings. The van der Waals surface area contributed by atoms with E-state index in [1.165, 1.54) is 0 Å². The van der Waals surface area contributed by atoms with Gasteiger partial charge in [0.2, 0.25) is 0 Å². The molecule has 1 atom stereocenters. The molecule has 1 rings (SSSR count). The van der Waals surface area contributed by atoms with Gasteiger partial charge in [-0.25, -0.2) is 0 Å². The van der Waals surface area contributed by atoms with Crippen LogP contribution < -0.4 is 0 Å². The predicted octanol–water partition coefficient (Wildman–Crippen LogP) is -1.20. The largest absolute Gasteiger partial charge is 0.480 e. The van der Waals surface area contributed by atoms with Gasteiger partial charge in [-0.2, -0.15) is 0 Å². The Kier molecular flexibility index (Phi) is 3.30. The minimum atomic E-state index is -0.868. The van der Waals surface area contributed by atoms with Crippen LogP contribution in [0.2, 0.25) is 6.82 Å². The first kappa shape index (κ1) is 10.5. The number of piperazine rings is 1. The number of carboxylic acids is 1. The van der Waals surface area contributed by atoms with E-state index in [9.17, 15) is 9.82 Å². The predicted molar refractivity (Wildman–Crippen MR) is 49.5 cm³/mol. The van der Waals surface area contributed by atoms with Crippen molar-refractivity contribution in [3.05, 3.63) is 0 Å². The van der Waals surface area contributed by atoms with Gasteiger partial charge in [0, 0.05) is 19.6 Å².